The first-order chi connectivity index (χ1) is 13.0. The van der Waals surface area contributed by atoms with E-state index in [1.165, 1.54) is 7.11 Å². The van der Waals surface area contributed by atoms with Crippen LogP contribution >= 0.6 is 0 Å². The fourth-order valence-corrected chi connectivity index (χ4v) is 4.94. The molecular weight excluding hydrogens is 368 g/mol. The SMILES string of the molecule is COC(=O)Cc1ccc(Oc2ccc3c(c2)S(=O)(=O)NC2CCCN32)cc1. The van der Waals surface area contributed by atoms with Gasteiger partial charge in [-0.05, 0) is 42.7 Å². The highest BCUT2D eigenvalue weighted by atomic mass is 32.2. The predicted molar refractivity (Wildman–Crippen MR) is 99.4 cm³/mol. The van der Waals surface area contributed by atoms with E-state index >= 15 is 0 Å². The molecule has 0 spiro atoms. The second kappa shape index (κ2) is 6.86. The molecule has 1 unspecified atom stereocenters. The van der Waals surface area contributed by atoms with E-state index in [0.29, 0.717) is 11.5 Å². The van der Waals surface area contributed by atoms with E-state index in [2.05, 4.69) is 14.4 Å². The van der Waals surface area contributed by atoms with Gasteiger partial charge in [0.25, 0.3) is 0 Å². The van der Waals surface area contributed by atoms with Crippen LogP contribution in [0.5, 0.6) is 11.5 Å². The Hall–Kier alpha value is -2.58. The Morgan fingerprint density at radius 1 is 1.19 bits per heavy atom. The molecule has 0 amide bonds. The molecular formula is C19H20N2O5S. The van der Waals surface area contributed by atoms with Crippen LogP contribution in [0.25, 0.3) is 0 Å². The van der Waals surface area contributed by atoms with Gasteiger partial charge in [-0.2, -0.15) is 4.72 Å². The molecule has 27 heavy (non-hydrogen) atoms. The Labute approximate surface area is 157 Å². The molecule has 7 nitrogen and oxygen atoms in total. The molecule has 1 fully saturated rings. The minimum atomic E-state index is -3.56. The normalized spacial score (nSPS) is 19.9. The van der Waals surface area contributed by atoms with Crippen molar-refractivity contribution in [1.29, 1.82) is 0 Å². The number of nitrogens with zero attached hydrogens (tertiary/aromatic N) is 1. The summed E-state index contributed by atoms with van der Waals surface area (Å²) in [5, 5.41) is 0. The van der Waals surface area contributed by atoms with Crippen LogP contribution in [0.1, 0.15) is 18.4 Å². The van der Waals surface area contributed by atoms with Gasteiger partial charge in [0, 0.05) is 12.6 Å². The second-order valence-corrected chi connectivity index (χ2v) is 8.28. The van der Waals surface area contributed by atoms with Crippen molar-refractivity contribution < 1.29 is 22.7 Å². The number of hydrogen-bond donors (Lipinski definition) is 1. The van der Waals surface area contributed by atoms with E-state index in [-0.39, 0.29) is 23.5 Å². The number of rotatable bonds is 4. The van der Waals surface area contributed by atoms with Crippen molar-refractivity contribution in [3.8, 4) is 11.5 Å². The fourth-order valence-electron chi connectivity index (χ4n) is 3.48. The first-order valence-corrected chi connectivity index (χ1v) is 10.2. The molecule has 1 atom stereocenters. The first-order valence-electron chi connectivity index (χ1n) is 8.73. The van der Waals surface area contributed by atoms with Crippen molar-refractivity contribution in [2.45, 2.75) is 30.3 Å². The van der Waals surface area contributed by atoms with E-state index in [9.17, 15) is 13.2 Å². The summed E-state index contributed by atoms with van der Waals surface area (Å²) < 4.78 is 38.3. The zero-order valence-electron chi connectivity index (χ0n) is 14.8. The van der Waals surface area contributed by atoms with Gasteiger partial charge in [0.2, 0.25) is 10.0 Å². The van der Waals surface area contributed by atoms with Gasteiger partial charge in [-0.15, -0.1) is 0 Å². The maximum absolute atomic E-state index is 12.6. The lowest BCUT2D eigenvalue weighted by atomic mass is 10.1. The summed E-state index contributed by atoms with van der Waals surface area (Å²) in [6.07, 6.45) is 1.81. The van der Waals surface area contributed by atoms with Crippen LogP contribution in [0.15, 0.2) is 47.4 Å². The molecule has 0 bridgehead atoms. The van der Waals surface area contributed by atoms with E-state index in [0.717, 1.165) is 30.6 Å². The molecule has 4 rings (SSSR count). The van der Waals surface area contributed by atoms with E-state index < -0.39 is 10.0 Å². The minimum absolute atomic E-state index is 0.156. The molecule has 142 valence electrons. The average molecular weight is 388 g/mol. The molecule has 0 radical (unpaired) electrons. The van der Waals surface area contributed by atoms with Crippen LogP contribution < -0.4 is 14.4 Å². The molecule has 1 saturated heterocycles. The third-order valence-corrected chi connectivity index (χ3v) is 6.30. The summed E-state index contributed by atoms with van der Waals surface area (Å²) in [4.78, 5) is 13.6. The number of carbonyl (C=O) groups is 1. The molecule has 1 N–H and O–H groups in total. The van der Waals surface area contributed by atoms with Crippen molar-refractivity contribution in [3.05, 3.63) is 48.0 Å². The van der Waals surface area contributed by atoms with Gasteiger partial charge >= 0.3 is 5.97 Å². The summed E-state index contributed by atoms with van der Waals surface area (Å²) >= 11 is 0. The Kier molecular flexibility index (Phi) is 4.53. The Morgan fingerprint density at radius 3 is 2.67 bits per heavy atom. The highest BCUT2D eigenvalue weighted by Gasteiger charge is 2.37. The molecule has 8 heteroatoms. The summed E-state index contributed by atoms with van der Waals surface area (Å²) in [5.74, 6) is 0.692. The smallest absolute Gasteiger partial charge is 0.309 e. The van der Waals surface area contributed by atoms with Gasteiger partial charge in [0.15, 0.2) is 0 Å². The number of esters is 1. The van der Waals surface area contributed by atoms with E-state index in [1.54, 1.807) is 42.5 Å². The van der Waals surface area contributed by atoms with Crippen molar-refractivity contribution >= 4 is 21.7 Å². The second-order valence-electron chi connectivity index (χ2n) is 6.60. The maximum Gasteiger partial charge on any atom is 0.309 e. The average Bonchev–Trinajstić information content (AvgIpc) is 3.11. The van der Waals surface area contributed by atoms with Crippen LogP contribution in [0, 0.1) is 0 Å². The molecule has 2 aromatic rings. The molecule has 0 saturated carbocycles. The van der Waals surface area contributed by atoms with Crippen molar-refractivity contribution in [2.24, 2.45) is 0 Å². The molecule has 0 aliphatic carbocycles. The van der Waals surface area contributed by atoms with E-state index in [4.69, 9.17) is 4.74 Å². The highest BCUT2D eigenvalue weighted by Crippen LogP contribution is 2.38. The quantitative estimate of drug-likeness (QED) is 0.810. The summed E-state index contributed by atoms with van der Waals surface area (Å²) in [7, 11) is -2.21. The van der Waals surface area contributed by atoms with E-state index in [1.807, 2.05) is 0 Å². The Balaban J connectivity index is 1.57. The number of anilines is 1. The molecule has 0 aromatic heterocycles. The summed E-state index contributed by atoms with van der Waals surface area (Å²) in [6, 6.07) is 12.1. The lowest BCUT2D eigenvalue weighted by molar-refractivity contribution is -0.139. The number of benzene rings is 2. The maximum atomic E-state index is 12.6. The topological polar surface area (TPSA) is 84.9 Å². The molecule has 2 aliphatic heterocycles. The van der Waals surface area contributed by atoms with Gasteiger partial charge in [-0.3, -0.25) is 4.79 Å². The number of carbonyl (C=O) groups excluding carboxylic acids is 1. The number of ether oxygens (including phenoxy) is 2. The largest absolute Gasteiger partial charge is 0.469 e. The van der Waals surface area contributed by atoms with Crippen molar-refractivity contribution in [1.82, 2.24) is 4.72 Å². The van der Waals surface area contributed by atoms with Gasteiger partial charge < -0.3 is 14.4 Å². The predicted octanol–water partition coefficient (Wildman–Crippen LogP) is 2.41. The highest BCUT2D eigenvalue weighted by molar-refractivity contribution is 7.89. The zero-order valence-corrected chi connectivity index (χ0v) is 15.7. The molecule has 2 aliphatic rings. The lowest BCUT2D eigenvalue weighted by Gasteiger charge is -2.33. The number of sulfonamides is 1. The minimum Gasteiger partial charge on any atom is -0.469 e. The van der Waals surface area contributed by atoms with Gasteiger partial charge in [0.05, 0.1) is 25.4 Å². The number of fused-ring (bicyclic) bond motifs is 3. The van der Waals surface area contributed by atoms with Gasteiger partial charge in [0.1, 0.15) is 16.4 Å². The summed E-state index contributed by atoms with van der Waals surface area (Å²) in [5.41, 5.74) is 1.53. The lowest BCUT2D eigenvalue weighted by Crippen LogP contribution is -2.48. The van der Waals surface area contributed by atoms with Gasteiger partial charge in [-0.1, -0.05) is 12.1 Å². The first kappa shape index (κ1) is 17.8. The van der Waals surface area contributed by atoms with Crippen LogP contribution in [0.3, 0.4) is 0 Å². The standard InChI is InChI=1S/C19H20N2O5S/c1-25-19(22)11-13-4-6-14(7-5-13)26-15-8-9-16-17(12-15)27(23,24)20-18-3-2-10-21(16)18/h4-9,12,18,20H,2-3,10-11H2,1H3. The third kappa shape index (κ3) is 3.50. The number of hydrogen-bond acceptors (Lipinski definition) is 6. The fraction of sp³-hybridized carbons (Fsp3) is 0.316. The Morgan fingerprint density at radius 2 is 1.93 bits per heavy atom. The summed E-state index contributed by atoms with van der Waals surface area (Å²) in [6.45, 7) is 0.835. The van der Waals surface area contributed by atoms with Crippen molar-refractivity contribution in [3.63, 3.8) is 0 Å². The molecule has 2 heterocycles. The van der Waals surface area contributed by atoms with Crippen LogP contribution in [0.4, 0.5) is 5.69 Å². The molecule has 2 aromatic carbocycles. The third-order valence-electron chi connectivity index (χ3n) is 4.81. The zero-order chi connectivity index (χ0) is 19.0. The Bertz CT molecular complexity index is 972. The van der Waals surface area contributed by atoms with Gasteiger partial charge in [-0.25, -0.2) is 8.42 Å². The van der Waals surface area contributed by atoms with Crippen LogP contribution in [-0.4, -0.2) is 34.2 Å². The van der Waals surface area contributed by atoms with Crippen LogP contribution in [0.2, 0.25) is 0 Å². The monoisotopic (exact) mass is 388 g/mol. The van der Waals surface area contributed by atoms with Crippen LogP contribution in [-0.2, 0) is 26.0 Å². The number of nitrogens with one attached hydrogen (secondary N) is 1. The number of methoxy groups -OCH3 is 1. The van der Waals surface area contributed by atoms with Crippen molar-refractivity contribution in [2.75, 3.05) is 18.6 Å².